The Morgan fingerprint density at radius 1 is 1.06 bits per heavy atom. The quantitative estimate of drug-likeness (QED) is 0.427. The molecule has 2 aromatic heterocycles. The van der Waals surface area contributed by atoms with E-state index in [9.17, 15) is 9.59 Å². The number of hydrogen-bond acceptors (Lipinski definition) is 4. The number of hydrogen-bond donors (Lipinski definition) is 1. The number of carbonyl (C=O) groups excluding carboxylic acids is 2. The fraction of sp³-hybridized carbons (Fsp3) is 0.259. The Kier molecular flexibility index (Phi) is 6.72. The van der Waals surface area contributed by atoms with Gasteiger partial charge in [0.25, 0.3) is 5.91 Å². The number of anilines is 1. The lowest BCUT2D eigenvalue weighted by molar-refractivity contribution is -0.116. The predicted octanol–water partition coefficient (Wildman–Crippen LogP) is 4.95. The van der Waals surface area contributed by atoms with Crippen molar-refractivity contribution in [3.8, 4) is 11.3 Å². The number of aromatic nitrogens is 3. The van der Waals surface area contributed by atoms with Crippen molar-refractivity contribution in [2.45, 2.75) is 33.2 Å². The summed E-state index contributed by atoms with van der Waals surface area (Å²) < 4.78 is 1.81. The molecule has 2 heterocycles. The van der Waals surface area contributed by atoms with E-state index in [1.807, 2.05) is 80.1 Å². The standard InChI is InChI=1S/C27H29N5O2/c1-5-19-11-9-10-14-23(19)29-25(33)17-31(4)27(34)21-15-24(20-12-7-6-8-13-20)30-26-22(21)16-28-32(26)18(2)3/h6-16,18H,5,17H2,1-4H3,(H,29,33). The molecule has 7 heteroatoms. The summed E-state index contributed by atoms with van der Waals surface area (Å²) in [6.45, 7) is 6.02. The van der Waals surface area contributed by atoms with Crippen LogP contribution in [0, 0.1) is 0 Å². The number of nitrogens with zero attached hydrogens (tertiary/aromatic N) is 4. The van der Waals surface area contributed by atoms with Crippen LogP contribution in [0.4, 0.5) is 5.69 Å². The first-order valence-electron chi connectivity index (χ1n) is 11.5. The predicted molar refractivity (Wildman–Crippen MR) is 135 cm³/mol. The van der Waals surface area contributed by atoms with E-state index < -0.39 is 0 Å². The van der Waals surface area contributed by atoms with Gasteiger partial charge in [-0.15, -0.1) is 0 Å². The summed E-state index contributed by atoms with van der Waals surface area (Å²) in [5, 5.41) is 8.07. The lowest BCUT2D eigenvalue weighted by Crippen LogP contribution is -2.35. The molecule has 0 atom stereocenters. The number of fused-ring (bicyclic) bond motifs is 1. The molecule has 0 radical (unpaired) electrons. The fourth-order valence-corrected chi connectivity index (χ4v) is 3.96. The fourth-order valence-electron chi connectivity index (χ4n) is 3.96. The molecule has 0 saturated carbocycles. The van der Waals surface area contributed by atoms with Crippen LogP contribution in [-0.4, -0.2) is 45.1 Å². The summed E-state index contributed by atoms with van der Waals surface area (Å²) in [4.78, 5) is 32.5. The van der Waals surface area contributed by atoms with E-state index in [1.54, 1.807) is 19.3 Å². The molecular formula is C27H29N5O2. The largest absolute Gasteiger partial charge is 0.332 e. The van der Waals surface area contributed by atoms with E-state index >= 15 is 0 Å². The first kappa shape index (κ1) is 23.2. The summed E-state index contributed by atoms with van der Waals surface area (Å²) in [7, 11) is 1.63. The Balaban J connectivity index is 1.65. The normalized spacial score (nSPS) is 11.1. The van der Waals surface area contributed by atoms with Crippen LogP contribution in [0.2, 0.25) is 0 Å². The number of benzene rings is 2. The molecule has 0 spiro atoms. The number of nitrogens with one attached hydrogen (secondary N) is 1. The van der Waals surface area contributed by atoms with Crippen molar-refractivity contribution >= 4 is 28.5 Å². The van der Waals surface area contributed by atoms with Crippen LogP contribution in [0.15, 0.2) is 66.9 Å². The summed E-state index contributed by atoms with van der Waals surface area (Å²) in [6.07, 6.45) is 2.48. The van der Waals surface area contributed by atoms with Crippen LogP contribution in [0.1, 0.15) is 42.7 Å². The maximum Gasteiger partial charge on any atom is 0.254 e. The molecule has 7 nitrogen and oxygen atoms in total. The maximum atomic E-state index is 13.5. The van der Waals surface area contributed by atoms with E-state index in [-0.39, 0.29) is 24.4 Å². The molecule has 174 valence electrons. The Hall–Kier alpha value is -4.00. The van der Waals surface area contributed by atoms with Crippen LogP contribution in [-0.2, 0) is 11.2 Å². The molecule has 0 saturated heterocycles. The number of rotatable bonds is 7. The van der Waals surface area contributed by atoms with Gasteiger partial charge in [0.2, 0.25) is 5.91 Å². The summed E-state index contributed by atoms with van der Waals surface area (Å²) in [6, 6.07) is 19.3. The Morgan fingerprint density at radius 3 is 2.47 bits per heavy atom. The van der Waals surface area contributed by atoms with Crippen LogP contribution in [0.3, 0.4) is 0 Å². The summed E-state index contributed by atoms with van der Waals surface area (Å²) >= 11 is 0. The van der Waals surface area contributed by atoms with Crippen LogP contribution in [0.25, 0.3) is 22.3 Å². The molecule has 34 heavy (non-hydrogen) atoms. The third-order valence-electron chi connectivity index (χ3n) is 5.76. The van der Waals surface area contributed by atoms with Gasteiger partial charge < -0.3 is 10.2 Å². The average Bonchev–Trinajstić information content (AvgIpc) is 3.28. The minimum absolute atomic E-state index is 0.0698. The number of pyridine rings is 1. The highest BCUT2D eigenvalue weighted by Gasteiger charge is 2.22. The number of likely N-dealkylation sites (N-methyl/N-ethyl adjacent to an activating group) is 1. The Labute approximate surface area is 199 Å². The second kappa shape index (κ2) is 9.87. The van der Waals surface area contributed by atoms with Crippen molar-refractivity contribution < 1.29 is 9.59 Å². The van der Waals surface area contributed by atoms with Crippen LogP contribution >= 0.6 is 0 Å². The highest BCUT2D eigenvalue weighted by atomic mass is 16.2. The second-order valence-corrected chi connectivity index (χ2v) is 8.56. The topological polar surface area (TPSA) is 80.1 Å². The zero-order valence-corrected chi connectivity index (χ0v) is 19.9. The molecule has 0 aliphatic rings. The SMILES string of the molecule is CCc1ccccc1NC(=O)CN(C)C(=O)c1cc(-c2ccccc2)nc2c1cnn2C(C)C. The lowest BCUT2D eigenvalue weighted by Gasteiger charge is -2.19. The van der Waals surface area contributed by atoms with Crippen LogP contribution in [0.5, 0.6) is 0 Å². The van der Waals surface area contributed by atoms with Crippen LogP contribution < -0.4 is 5.32 Å². The van der Waals surface area contributed by atoms with E-state index in [0.29, 0.717) is 22.3 Å². The number of para-hydroxylation sites is 1. The highest BCUT2D eigenvalue weighted by Crippen LogP contribution is 2.27. The molecular weight excluding hydrogens is 426 g/mol. The summed E-state index contributed by atoms with van der Waals surface area (Å²) in [5.41, 5.74) is 4.54. The van der Waals surface area contributed by atoms with E-state index in [4.69, 9.17) is 4.98 Å². The van der Waals surface area contributed by atoms with E-state index in [2.05, 4.69) is 10.4 Å². The van der Waals surface area contributed by atoms with Gasteiger partial charge in [-0.3, -0.25) is 9.59 Å². The molecule has 4 rings (SSSR count). The summed E-state index contributed by atoms with van der Waals surface area (Å²) in [5.74, 6) is -0.505. The second-order valence-electron chi connectivity index (χ2n) is 8.56. The number of amides is 2. The zero-order valence-electron chi connectivity index (χ0n) is 19.9. The molecule has 4 aromatic rings. The van der Waals surface area contributed by atoms with Gasteiger partial charge in [0.1, 0.15) is 0 Å². The van der Waals surface area contributed by atoms with Crippen molar-refractivity contribution in [2.24, 2.45) is 0 Å². The third-order valence-corrected chi connectivity index (χ3v) is 5.76. The molecule has 0 aliphatic carbocycles. The van der Waals surface area contributed by atoms with Gasteiger partial charge in [-0.1, -0.05) is 55.5 Å². The Morgan fingerprint density at radius 2 is 1.76 bits per heavy atom. The minimum Gasteiger partial charge on any atom is -0.332 e. The molecule has 0 aliphatic heterocycles. The molecule has 1 N–H and O–H groups in total. The molecule has 2 amide bonds. The van der Waals surface area contributed by atoms with Crippen molar-refractivity contribution in [3.63, 3.8) is 0 Å². The van der Waals surface area contributed by atoms with E-state index in [0.717, 1.165) is 23.2 Å². The molecule has 2 aromatic carbocycles. The van der Waals surface area contributed by atoms with E-state index in [1.165, 1.54) is 4.90 Å². The van der Waals surface area contributed by atoms with Crippen molar-refractivity contribution in [1.82, 2.24) is 19.7 Å². The first-order valence-corrected chi connectivity index (χ1v) is 11.5. The van der Waals surface area contributed by atoms with Gasteiger partial charge in [0, 0.05) is 24.3 Å². The van der Waals surface area contributed by atoms with Gasteiger partial charge in [0.15, 0.2) is 5.65 Å². The van der Waals surface area contributed by atoms with Crippen molar-refractivity contribution in [3.05, 3.63) is 78.0 Å². The van der Waals surface area contributed by atoms with Gasteiger partial charge in [0.05, 0.1) is 29.4 Å². The number of carbonyl (C=O) groups is 2. The Bertz CT molecular complexity index is 1330. The smallest absolute Gasteiger partial charge is 0.254 e. The van der Waals surface area contributed by atoms with Gasteiger partial charge >= 0.3 is 0 Å². The van der Waals surface area contributed by atoms with Gasteiger partial charge in [-0.05, 0) is 38.0 Å². The van der Waals surface area contributed by atoms with Gasteiger partial charge in [-0.2, -0.15) is 5.10 Å². The monoisotopic (exact) mass is 455 g/mol. The average molecular weight is 456 g/mol. The molecule has 0 unspecified atom stereocenters. The highest BCUT2D eigenvalue weighted by molar-refractivity contribution is 6.08. The van der Waals surface area contributed by atoms with Crippen molar-refractivity contribution in [1.29, 1.82) is 0 Å². The number of aryl methyl sites for hydroxylation is 1. The maximum absolute atomic E-state index is 13.5. The third kappa shape index (κ3) is 4.69. The van der Waals surface area contributed by atoms with Crippen molar-refractivity contribution in [2.75, 3.05) is 18.9 Å². The lowest BCUT2D eigenvalue weighted by atomic mass is 10.1. The molecule has 0 fully saturated rings. The first-order chi connectivity index (χ1) is 16.4. The molecule has 0 bridgehead atoms. The van der Waals surface area contributed by atoms with Gasteiger partial charge in [-0.25, -0.2) is 9.67 Å². The minimum atomic E-state index is -0.258. The zero-order chi connectivity index (χ0) is 24.2.